The number of hydrogen-bond donors (Lipinski definition) is 0. The predicted molar refractivity (Wildman–Crippen MR) is 83.9 cm³/mol. The summed E-state index contributed by atoms with van der Waals surface area (Å²) in [4.78, 5) is 6.49. The Morgan fingerprint density at radius 2 is 2.00 bits per heavy atom. The van der Waals surface area contributed by atoms with Gasteiger partial charge in [-0.25, -0.2) is 0 Å². The van der Waals surface area contributed by atoms with E-state index in [1.54, 1.807) is 0 Å². The number of halogens is 1. The van der Waals surface area contributed by atoms with Crippen molar-refractivity contribution in [2.24, 2.45) is 0 Å². The molecule has 1 aliphatic rings. The number of rotatable bonds is 2. The first kappa shape index (κ1) is 13.6. The molecular weight excluding hydrogens is 316 g/mol. The number of morpholine rings is 1. The number of anilines is 1. The second kappa shape index (κ2) is 5.94. The molecule has 0 N–H and O–H groups in total. The lowest BCUT2D eigenvalue weighted by molar-refractivity contribution is -0.0174. The minimum Gasteiger partial charge on any atom is -0.367 e. The zero-order valence-electron chi connectivity index (χ0n) is 11.4. The third-order valence-electron chi connectivity index (χ3n) is 3.52. The van der Waals surface area contributed by atoms with Gasteiger partial charge in [-0.15, -0.1) is 0 Å². The molecule has 4 heteroatoms. The van der Waals surface area contributed by atoms with E-state index in [4.69, 9.17) is 4.74 Å². The van der Waals surface area contributed by atoms with Crippen molar-refractivity contribution in [3.05, 3.63) is 58.8 Å². The number of hydrogen-bond acceptors (Lipinski definition) is 3. The lowest BCUT2D eigenvalue weighted by Crippen LogP contribution is -2.43. The van der Waals surface area contributed by atoms with Gasteiger partial charge in [0.05, 0.1) is 16.3 Å². The van der Waals surface area contributed by atoms with E-state index in [1.165, 1.54) is 11.3 Å². The zero-order valence-corrected chi connectivity index (χ0v) is 13.0. The number of benzene rings is 1. The third kappa shape index (κ3) is 2.86. The van der Waals surface area contributed by atoms with E-state index < -0.39 is 0 Å². The molecule has 2 atom stereocenters. The van der Waals surface area contributed by atoms with Crippen molar-refractivity contribution in [2.75, 3.05) is 18.0 Å². The van der Waals surface area contributed by atoms with Crippen LogP contribution in [0.2, 0.25) is 0 Å². The zero-order chi connectivity index (χ0) is 13.9. The molecule has 20 heavy (non-hydrogen) atoms. The minimum absolute atomic E-state index is 0.111. The Bertz CT molecular complexity index is 576. The summed E-state index contributed by atoms with van der Waals surface area (Å²) in [6, 6.07) is 12.5. The molecule has 1 aromatic heterocycles. The van der Waals surface area contributed by atoms with Crippen molar-refractivity contribution in [3.63, 3.8) is 0 Å². The molecule has 0 saturated carbocycles. The van der Waals surface area contributed by atoms with Gasteiger partial charge in [0.2, 0.25) is 0 Å². The maximum atomic E-state index is 6.09. The van der Waals surface area contributed by atoms with E-state index in [2.05, 4.69) is 57.0 Å². The van der Waals surface area contributed by atoms with E-state index in [0.717, 1.165) is 17.6 Å². The Labute approximate surface area is 127 Å². The summed E-state index contributed by atoms with van der Waals surface area (Å²) in [5, 5.41) is 0. The maximum Gasteiger partial charge on any atom is 0.100 e. The van der Waals surface area contributed by atoms with Crippen molar-refractivity contribution in [1.82, 2.24) is 4.98 Å². The monoisotopic (exact) mass is 332 g/mol. The topological polar surface area (TPSA) is 25.4 Å². The molecule has 3 rings (SSSR count). The summed E-state index contributed by atoms with van der Waals surface area (Å²) >= 11 is 3.58. The molecule has 0 bridgehead atoms. The highest BCUT2D eigenvalue weighted by molar-refractivity contribution is 9.10. The van der Waals surface area contributed by atoms with Crippen LogP contribution in [0, 0.1) is 0 Å². The summed E-state index contributed by atoms with van der Waals surface area (Å²) in [5.41, 5.74) is 2.41. The predicted octanol–water partition coefficient (Wildman–Crippen LogP) is 3.81. The first-order valence-corrected chi connectivity index (χ1v) is 7.58. The fourth-order valence-corrected chi connectivity index (χ4v) is 3.13. The van der Waals surface area contributed by atoms with E-state index in [9.17, 15) is 0 Å². The number of aromatic nitrogens is 1. The fraction of sp³-hybridized carbons (Fsp3) is 0.312. The molecule has 1 aromatic carbocycles. The summed E-state index contributed by atoms with van der Waals surface area (Å²) in [6.45, 7) is 3.88. The van der Waals surface area contributed by atoms with Gasteiger partial charge in [0.25, 0.3) is 0 Å². The van der Waals surface area contributed by atoms with E-state index in [-0.39, 0.29) is 12.2 Å². The Balaban J connectivity index is 1.85. The van der Waals surface area contributed by atoms with Crippen LogP contribution in [0.15, 0.2) is 53.3 Å². The maximum absolute atomic E-state index is 6.09. The van der Waals surface area contributed by atoms with Gasteiger partial charge in [-0.05, 0) is 34.5 Å². The van der Waals surface area contributed by atoms with Gasteiger partial charge >= 0.3 is 0 Å². The van der Waals surface area contributed by atoms with Gasteiger partial charge in [0.15, 0.2) is 0 Å². The van der Waals surface area contributed by atoms with Crippen LogP contribution in [-0.2, 0) is 4.74 Å². The van der Waals surface area contributed by atoms with E-state index in [0.29, 0.717) is 0 Å². The third-order valence-corrected chi connectivity index (χ3v) is 4.13. The average Bonchev–Trinajstić information content (AvgIpc) is 2.48. The lowest BCUT2D eigenvalue weighted by Gasteiger charge is -2.38. The Hall–Kier alpha value is -1.39. The summed E-state index contributed by atoms with van der Waals surface area (Å²) in [6.07, 6.45) is 3.99. The van der Waals surface area contributed by atoms with Crippen LogP contribution in [0.4, 0.5) is 5.69 Å². The van der Waals surface area contributed by atoms with Crippen LogP contribution in [0.25, 0.3) is 0 Å². The van der Waals surface area contributed by atoms with Crippen LogP contribution >= 0.6 is 15.9 Å². The van der Waals surface area contributed by atoms with Crippen molar-refractivity contribution in [2.45, 2.75) is 19.1 Å². The van der Waals surface area contributed by atoms with Gasteiger partial charge < -0.3 is 9.64 Å². The highest BCUT2D eigenvalue weighted by atomic mass is 79.9. The molecule has 0 unspecified atom stereocenters. The normalized spacial score (nSPS) is 22.8. The molecule has 0 radical (unpaired) electrons. The summed E-state index contributed by atoms with van der Waals surface area (Å²) in [5.74, 6) is 0. The standard InChI is InChI=1S/C16H17BrN2O/c1-12-10-19(15-7-8-18-9-14(15)17)11-16(20-12)13-5-3-2-4-6-13/h2-9,12,16H,10-11H2,1H3/t12-,16-/m1/s1. The van der Waals surface area contributed by atoms with Crippen LogP contribution in [0.1, 0.15) is 18.6 Å². The highest BCUT2D eigenvalue weighted by Crippen LogP contribution is 2.32. The van der Waals surface area contributed by atoms with Gasteiger partial charge in [-0.2, -0.15) is 0 Å². The van der Waals surface area contributed by atoms with Crippen LogP contribution in [0.5, 0.6) is 0 Å². The van der Waals surface area contributed by atoms with Crippen LogP contribution < -0.4 is 4.90 Å². The van der Waals surface area contributed by atoms with Gasteiger partial charge in [-0.3, -0.25) is 4.98 Å². The summed E-state index contributed by atoms with van der Waals surface area (Å²) in [7, 11) is 0. The SMILES string of the molecule is C[C@@H]1CN(c2ccncc2Br)C[C@H](c2ccccc2)O1. The minimum atomic E-state index is 0.111. The molecule has 2 aromatic rings. The number of ether oxygens (including phenoxy) is 1. The van der Waals surface area contributed by atoms with Gasteiger partial charge in [-0.1, -0.05) is 30.3 Å². The molecule has 104 valence electrons. The molecule has 0 spiro atoms. The van der Waals surface area contributed by atoms with Crippen molar-refractivity contribution in [3.8, 4) is 0 Å². The fourth-order valence-electron chi connectivity index (χ4n) is 2.62. The summed E-state index contributed by atoms with van der Waals surface area (Å²) < 4.78 is 7.12. The Morgan fingerprint density at radius 1 is 1.20 bits per heavy atom. The van der Waals surface area contributed by atoms with E-state index in [1.807, 2.05) is 24.5 Å². The molecule has 1 saturated heterocycles. The molecule has 0 aliphatic carbocycles. The smallest absolute Gasteiger partial charge is 0.100 e. The molecular formula is C16H17BrN2O. The molecule has 1 fully saturated rings. The first-order valence-electron chi connectivity index (χ1n) is 6.79. The molecule has 1 aliphatic heterocycles. The number of pyridine rings is 1. The quantitative estimate of drug-likeness (QED) is 0.836. The van der Waals surface area contributed by atoms with Crippen molar-refractivity contribution < 1.29 is 4.74 Å². The molecule has 3 nitrogen and oxygen atoms in total. The van der Waals surface area contributed by atoms with Crippen molar-refractivity contribution >= 4 is 21.6 Å². The lowest BCUT2D eigenvalue weighted by atomic mass is 10.1. The largest absolute Gasteiger partial charge is 0.367 e. The average molecular weight is 333 g/mol. The molecule has 0 amide bonds. The van der Waals surface area contributed by atoms with Gasteiger partial charge in [0.1, 0.15) is 6.10 Å². The second-order valence-corrected chi connectivity index (χ2v) is 5.93. The Morgan fingerprint density at radius 3 is 2.75 bits per heavy atom. The second-order valence-electron chi connectivity index (χ2n) is 5.08. The van der Waals surface area contributed by atoms with Gasteiger partial charge in [0, 0.05) is 25.5 Å². The Kier molecular flexibility index (Phi) is 4.03. The number of nitrogens with zero attached hydrogens (tertiary/aromatic N) is 2. The highest BCUT2D eigenvalue weighted by Gasteiger charge is 2.27. The first-order chi connectivity index (χ1) is 9.74. The van der Waals surface area contributed by atoms with Crippen molar-refractivity contribution in [1.29, 1.82) is 0 Å². The van der Waals surface area contributed by atoms with Crippen LogP contribution in [-0.4, -0.2) is 24.2 Å². The van der Waals surface area contributed by atoms with Crippen LogP contribution in [0.3, 0.4) is 0 Å². The van der Waals surface area contributed by atoms with E-state index >= 15 is 0 Å². The molecule has 2 heterocycles.